The van der Waals surface area contributed by atoms with Gasteiger partial charge in [0, 0.05) is 0 Å². The van der Waals surface area contributed by atoms with Gasteiger partial charge in [0.05, 0.1) is 12.6 Å². The second-order valence-corrected chi connectivity index (χ2v) is 5.51. The Bertz CT molecular complexity index is 541. The first kappa shape index (κ1) is 16.2. The zero-order valence-electron chi connectivity index (χ0n) is 12.9. The van der Waals surface area contributed by atoms with Gasteiger partial charge in [0.25, 0.3) is 5.91 Å². The summed E-state index contributed by atoms with van der Waals surface area (Å²) in [5, 5.41) is 0. The fourth-order valence-corrected chi connectivity index (χ4v) is 2.41. The van der Waals surface area contributed by atoms with Crippen LogP contribution in [-0.4, -0.2) is 36.2 Å². The van der Waals surface area contributed by atoms with Crippen molar-refractivity contribution in [2.24, 2.45) is 5.92 Å². The molecule has 1 aromatic rings. The van der Waals surface area contributed by atoms with Gasteiger partial charge in [-0.2, -0.15) is 0 Å². The van der Waals surface area contributed by atoms with Crippen molar-refractivity contribution >= 4 is 12.0 Å². The van der Waals surface area contributed by atoms with Gasteiger partial charge in [0.1, 0.15) is 6.61 Å². The lowest BCUT2D eigenvalue weighted by molar-refractivity contribution is -0.142. The van der Waals surface area contributed by atoms with Crippen molar-refractivity contribution in [2.75, 3.05) is 13.2 Å². The zero-order chi connectivity index (χ0) is 16.1. The number of hydrogen-bond donors (Lipinski definition) is 0. The summed E-state index contributed by atoms with van der Waals surface area (Å²) in [5.41, 5.74) is 0.705. The van der Waals surface area contributed by atoms with Crippen LogP contribution in [0.4, 0.5) is 4.79 Å². The first-order chi connectivity index (χ1) is 10.6. The summed E-state index contributed by atoms with van der Waals surface area (Å²) in [6.07, 6.45) is 0.128. The number of nitrogens with zero attached hydrogens (tertiary/aromatic N) is 1. The number of cyclic esters (lactones) is 1. The van der Waals surface area contributed by atoms with Gasteiger partial charge in [-0.25, -0.2) is 9.69 Å². The SMILES string of the molecule is C=CCOC(C(=O)N1C(=O)OC[C@@H]1C(C)C)c1ccccc1. The van der Waals surface area contributed by atoms with Crippen LogP contribution in [0.25, 0.3) is 0 Å². The highest BCUT2D eigenvalue weighted by Gasteiger charge is 2.42. The minimum Gasteiger partial charge on any atom is -0.447 e. The summed E-state index contributed by atoms with van der Waals surface area (Å²) in [5.74, 6) is -0.277. The van der Waals surface area contributed by atoms with Crippen molar-refractivity contribution < 1.29 is 19.1 Å². The minimum atomic E-state index is -0.842. The topological polar surface area (TPSA) is 55.8 Å². The van der Waals surface area contributed by atoms with Crippen molar-refractivity contribution in [2.45, 2.75) is 26.0 Å². The number of carbonyl (C=O) groups excluding carboxylic acids is 2. The lowest BCUT2D eigenvalue weighted by atomic mass is 10.0. The van der Waals surface area contributed by atoms with Crippen LogP contribution in [0.5, 0.6) is 0 Å². The largest absolute Gasteiger partial charge is 0.447 e. The minimum absolute atomic E-state index is 0.117. The van der Waals surface area contributed by atoms with E-state index in [4.69, 9.17) is 9.47 Å². The van der Waals surface area contributed by atoms with Gasteiger partial charge in [-0.1, -0.05) is 50.3 Å². The van der Waals surface area contributed by atoms with E-state index in [1.807, 2.05) is 32.0 Å². The van der Waals surface area contributed by atoms with E-state index in [1.54, 1.807) is 18.2 Å². The first-order valence-electron chi connectivity index (χ1n) is 7.33. The van der Waals surface area contributed by atoms with Crippen molar-refractivity contribution in [3.63, 3.8) is 0 Å². The summed E-state index contributed by atoms with van der Waals surface area (Å²) in [6, 6.07) is 8.86. The molecule has 1 unspecified atom stereocenters. The van der Waals surface area contributed by atoms with Crippen LogP contribution < -0.4 is 0 Å². The van der Waals surface area contributed by atoms with Gasteiger partial charge in [-0.05, 0) is 11.5 Å². The van der Waals surface area contributed by atoms with Crippen LogP contribution in [0.2, 0.25) is 0 Å². The molecule has 2 amide bonds. The Hall–Kier alpha value is -2.14. The predicted octanol–water partition coefficient (Wildman–Crippen LogP) is 2.93. The maximum Gasteiger partial charge on any atom is 0.417 e. The molecule has 0 aromatic heterocycles. The van der Waals surface area contributed by atoms with Crippen molar-refractivity contribution in [3.8, 4) is 0 Å². The highest BCUT2D eigenvalue weighted by atomic mass is 16.6. The number of hydrogen-bond acceptors (Lipinski definition) is 4. The molecule has 1 heterocycles. The summed E-state index contributed by atoms with van der Waals surface area (Å²) in [7, 11) is 0. The molecule has 0 aliphatic carbocycles. The van der Waals surface area contributed by atoms with Gasteiger partial charge in [0.15, 0.2) is 6.10 Å². The molecule has 22 heavy (non-hydrogen) atoms. The number of carbonyl (C=O) groups is 2. The lowest BCUT2D eigenvalue weighted by Crippen LogP contribution is -2.44. The van der Waals surface area contributed by atoms with Crippen LogP contribution in [0.15, 0.2) is 43.0 Å². The van der Waals surface area contributed by atoms with Gasteiger partial charge in [0.2, 0.25) is 0 Å². The van der Waals surface area contributed by atoms with E-state index in [2.05, 4.69) is 6.58 Å². The molecule has 1 aliphatic heterocycles. The smallest absolute Gasteiger partial charge is 0.417 e. The van der Waals surface area contributed by atoms with E-state index in [9.17, 15) is 9.59 Å². The summed E-state index contributed by atoms with van der Waals surface area (Å²) in [6.45, 7) is 7.96. The molecule has 1 fully saturated rings. The maximum absolute atomic E-state index is 12.8. The Morgan fingerprint density at radius 1 is 1.45 bits per heavy atom. The van der Waals surface area contributed by atoms with Crippen LogP contribution in [0.1, 0.15) is 25.5 Å². The summed E-state index contributed by atoms with van der Waals surface area (Å²) < 4.78 is 10.7. The molecule has 5 nitrogen and oxygen atoms in total. The van der Waals surface area contributed by atoms with Gasteiger partial charge < -0.3 is 9.47 Å². The summed E-state index contributed by atoms with van der Waals surface area (Å²) >= 11 is 0. The van der Waals surface area contributed by atoms with E-state index < -0.39 is 18.1 Å². The molecule has 2 rings (SSSR count). The Morgan fingerprint density at radius 3 is 2.73 bits per heavy atom. The second-order valence-electron chi connectivity index (χ2n) is 5.51. The Balaban J connectivity index is 2.28. The quantitative estimate of drug-likeness (QED) is 0.758. The molecule has 1 aliphatic rings. The standard InChI is InChI=1S/C17H21NO4/c1-4-10-21-15(13-8-6-5-7-9-13)16(19)18-14(12(2)3)11-22-17(18)20/h4-9,12,14-15H,1,10-11H2,2-3H3/t14-,15?/m1/s1. The normalized spacial score (nSPS) is 19.1. The average Bonchev–Trinajstić information content (AvgIpc) is 2.90. The number of amides is 2. The van der Waals surface area contributed by atoms with Crippen LogP contribution in [0, 0.1) is 5.92 Å². The molecular weight excluding hydrogens is 282 g/mol. The molecule has 118 valence electrons. The maximum atomic E-state index is 12.8. The van der Waals surface area contributed by atoms with E-state index in [-0.39, 0.29) is 25.2 Å². The fourth-order valence-electron chi connectivity index (χ4n) is 2.41. The first-order valence-corrected chi connectivity index (χ1v) is 7.33. The van der Waals surface area contributed by atoms with Crippen molar-refractivity contribution in [1.82, 2.24) is 4.90 Å². The van der Waals surface area contributed by atoms with Crippen molar-refractivity contribution in [1.29, 1.82) is 0 Å². The number of imide groups is 1. The van der Waals surface area contributed by atoms with Gasteiger partial charge in [-0.15, -0.1) is 6.58 Å². The Kier molecular flexibility index (Phi) is 5.33. The number of rotatable bonds is 6. The highest BCUT2D eigenvalue weighted by molar-refractivity contribution is 5.96. The highest BCUT2D eigenvalue weighted by Crippen LogP contribution is 2.27. The molecule has 1 aromatic carbocycles. The average molecular weight is 303 g/mol. The molecule has 0 radical (unpaired) electrons. The van der Waals surface area contributed by atoms with Gasteiger partial charge in [-0.3, -0.25) is 4.79 Å². The molecule has 0 saturated carbocycles. The number of ether oxygens (including phenoxy) is 2. The van der Waals surface area contributed by atoms with Crippen LogP contribution >= 0.6 is 0 Å². The third kappa shape index (κ3) is 3.36. The monoisotopic (exact) mass is 303 g/mol. The Morgan fingerprint density at radius 2 is 2.14 bits per heavy atom. The molecule has 0 bridgehead atoms. The van der Waals surface area contributed by atoms with E-state index in [0.29, 0.717) is 5.56 Å². The van der Waals surface area contributed by atoms with E-state index in [0.717, 1.165) is 0 Å². The van der Waals surface area contributed by atoms with Gasteiger partial charge >= 0.3 is 6.09 Å². The molecule has 5 heteroatoms. The molecule has 2 atom stereocenters. The zero-order valence-corrected chi connectivity index (χ0v) is 12.9. The number of benzene rings is 1. The lowest BCUT2D eigenvalue weighted by Gasteiger charge is -2.26. The molecule has 0 N–H and O–H groups in total. The fraction of sp³-hybridized carbons (Fsp3) is 0.412. The third-order valence-electron chi connectivity index (χ3n) is 3.62. The molecule has 0 spiro atoms. The Labute approximate surface area is 130 Å². The predicted molar refractivity (Wildman–Crippen MR) is 82.2 cm³/mol. The van der Waals surface area contributed by atoms with E-state index >= 15 is 0 Å². The second kappa shape index (κ2) is 7.22. The van der Waals surface area contributed by atoms with Crippen LogP contribution in [0.3, 0.4) is 0 Å². The van der Waals surface area contributed by atoms with Crippen LogP contribution in [-0.2, 0) is 14.3 Å². The third-order valence-corrected chi connectivity index (χ3v) is 3.62. The molecular formula is C17H21NO4. The molecule has 1 saturated heterocycles. The summed E-state index contributed by atoms with van der Waals surface area (Å²) in [4.78, 5) is 26.0. The van der Waals surface area contributed by atoms with E-state index in [1.165, 1.54) is 4.90 Å². The van der Waals surface area contributed by atoms with Crippen molar-refractivity contribution in [3.05, 3.63) is 48.6 Å².